The van der Waals surface area contributed by atoms with Gasteiger partial charge in [0, 0.05) is 5.54 Å². The van der Waals surface area contributed by atoms with E-state index in [4.69, 9.17) is 5.84 Å². The summed E-state index contributed by atoms with van der Waals surface area (Å²) in [6, 6.07) is 5.55. The second-order valence-corrected chi connectivity index (χ2v) is 4.88. The van der Waals surface area contributed by atoms with Gasteiger partial charge in [0.15, 0.2) is 0 Å². The van der Waals surface area contributed by atoms with Crippen LogP contribution in [0.2, 0.25) is 0 Å². The molecule has 4 nitrogen and oxygen atoms in total. The van der Waals surface area contributed by atoms with Crippen molar-refractivity contribution in [3.63, 3.8) is 0 Å². The first-order chi connectivity index (χ1) is 7.89. The molecule has 0 unspecified atom stereocenters. The van der Waals surface area contributed by atoms with Gasteiger partial charge in [-0.2, -0.15) is 0 Å². The van der Waals surface area contributed by atoms with Gasteiger partial charge in [0.2, 0.25) is 0 Å². The number of nitrogen functional groups attached to an aromatic ring is 1. The van der Waals surface area contributed by atoms with Crippen molar-refractivity contribution < 1.29 is 4.79 Å². The summed E-state index contributed by atoms with van der Waals surface area (Å²) >= 11 is 0. The number of carbonyl (C=O) groups is 1. The molecule has 0 aliphatic heterocycles. The molecule has 17 heavy (non-hydrogen) atoms. The van der Waals surface area contributed by atoms with Gasteiger partial charge in [-0.25, -0.2) is 0 Å². The summed E-state index contributed by atoms with van der Waals surface area (Å²) in [4.78, 5) is 12.1. The fourth-order valence-corrected chi connectivity index (χ4v) is 1.43. The topological polar surface area (TPSA) is 67.2 Å². The first-order valence-electron chi connectivity index (χ1n) is 5.79. The van der Waals surface area contributed by atoms with Gasteiger partial charge in [0.1, 0.15) is 0 Å². The zero-order chi connectivity index (χ0) is 13.1. The number of rotatable bonds is 4. The minimum atomic E-state index is -0.216. The first kappa shape index (κ1) is 13.5. The molecular weight excluding hydrogens is 214 g/mol. The predicted octanol–water partition coefficient (Wildman–Crippen LogP) is 2.20. The van der Waals surface area contributed by atoms with Gasteiger partial charge in [-0.05, 0) is 39.3 Å². The van der Waals surface area contributed by atoms with Crippen LogP contribution in [0.4, 0.5) is 5.69 Å². The average Bonchev–Trinajstić information content (AvgIpc) is 2.28. The molecule has 1 aromatic rings. The van der Waals surface area contributed by atoms with E-state index in [1.54, 1.807) is 0 Å². The lowest BCUT2D eigenvalue weighted by Gasteiger charge is -2.25. The molecule has 0 aliphatic rings. The Labute approximate surface area is 103 Å². The normalized spacial score (nSPS) is 11.1. The first-order valence-corrected chi connectivity index (χ1v) is 5.79. The van der Waals surface area contributed by atoms with E-state index in [1.165, 1.54) is 0 Å². The van der Waals surface area contributed by atoms with Gasteiger partial charge < -0.3 is 10.7 Å². The van der Waals surface area contributed by atoms with Crippen LogP contribution in [0.5, 0.6) is 0 Å². The largest absolute Gasteiger partial charge is 0.347 e. The van der Waals surface area contributed by atoms with Crippen molar-refractivity contribution in [3.05, 3.63) is 29.3 Å². The summed E-state index contributed by atoms with van der Waals surface area (Å²) in [5.74, 6) is 5.30. The molecule has 0 aromatic heterocycles. The molecule has 0 bridgehead atoms. The lowest BCUT2D eigenvalue weighted by Crippen LogP contribution is -2.43. The highest BCUT2D eigenvalue weighted by molar-refractivity contribution is 6.00. The van der Waals surface area contributed by atoms with Crippen molar-refractivity contribution in [3.8, 4) is 0 Å². The lowest BCUT2D eigenvalue weighted by molar-refractivity contribution is 0.0912. The molecule has 0 fully saturated rings. The van der Waals surface area contributed by atoms with Crippen molar-refractivity contribution >= 4 is 11.6 Å². The summed E-state index contributed by atoms with van der Waals surface area (Å²) in [6.45, 7) is 7.98. The molecule has 94 valence electrons. The molecule has 0 spiro atoms. The van der Waals surface area contributed by atoms with Crippen LogP contribution >= 0.6 is 0 Å². The smallest absolute Gasteiger partial charge is 0.253 e. The molecule has 0 heterocycles. The van der Waals surface area contributed by atoms with Crippen LogP contribution in [-0.2, 0) is 0 Å². The van der Waals surface area contributed by atoms with E-state index < -0.39 is 0 Å². The van der Waals surface area contributed by atoms with E-state index in [9.17, 15) is 4.79 Å². The van der Waals surface area contributed by atoms with Gasteiger partial charge in [-0.3, -0.25) is 10.6 Å². The Morgan fingerprint density at radius 2 is 2.06 bits per heavy atom. The van der Waals surface area contributed by atoms with Crippen molar-refractivity contribution in [1.82, 2.24) is 5.32 Å². The maximum absolute atomic E-state index is 12.1. The highest BCUT2D eigenvalue weighted by atomic mass is 16.1. The van der Waals surface area contributed by atoms with Crippen LogP contribution < -0.4 is 16.6 Å². The Morgan fingerprint density at radius 3 is 2.59 bits per heavy atom. The third-order valence-electron chi connectivity index (χ3n) is 2.91. The molecule has 1 aromatic carbocycles. The monoisotopic (exact) mass is 235 g/mol. The lowest BCUT2D eigenvalue weighted by atomic mass is 10.0. The number of hydrogen-bond donors (Lipinski definition) is 3. The Balaban J connectivity index is 2.99. The molecule has 1 amide bonds. The third kappa shape index (κ3) is 3.46. The van der Waals surface area contributed by atoms with Gasteiger partial charge in [0.25, 0.3) is 5.91 Å². The van der Waals surface area contributed by atoms with Gasteiger partial charge in [-0.1, -0.05) is 18.6 Å². The van der Waals surface area contributed by atoms with Crippen LogP contribution in [0, 0.1) is 6.92 Å². The Bertz CT molecular complexity index is 413. The van der Waals surface area contributed by atoms with E-state index in [0.717, 1.165) is 12.0 Å². The number of anilines is 1. The van der Waals surface area contributed by atoms with E-state index in [0.29, 0.717) is 11.3 Å². The van der Waals surface area contributed by atoms with E-state index in [-0.39, 0.29) is 11.4 Å². The van der Waals surface area contributed by atoms with Crippen LogP contribution in [0.1, 0.15) is 43.1 Å². The molecule has 0 saturated carbocycles. The summed E-state index contributed by atoms with van der Waals surface area (Å²) in [5, 5.41) is 2.99. The molecule has 0 radical (unpaired) electrons. The third-order valence-corrected chi connectivity index (χ3v) is 2.91. The van der Waals surface area contributed by atoms with Crippen molar-refractivity contribution in [2.45, 2.75) is 39.7 Å². The highest BCUT2D eigenvalue weighted by Gasteiger charge is 2.20. The second kappa shape index (κ2) is 5.19. The number of hydrazine groups is 1. The molecule has 1 rings (SSSR count). The van der Waals surface area contributed by atoms with Gasteiger partial charge in [-0.15, -0.1) is 0 Å². The average molecular weight is 235 g/mol. The Kier molecular flexibility index (Phi) is 4.12. The Morgan fingerprint density at radius 1 is 1.41 bits per heavy atom. The molecule has 0 saturated heterocycles. The molecule has 4 heteroatoms. The number of nitrogens with two attached hydrogens (primary N) is 1. The number of aryl methyl sites for hydroxylation is 1. The van der Waals surface area contributed by atoms with E-state index in [2.05, 4.69) is 10.7 Å². The van der Waals surface area contributed by atoms with Crippen LogP contribution in [-0.4, -0.2) is 11.4 Å². The number of nitrogens with one attached hydrogen (secondary N) is 2. The summed E-state index contributed by atoms with van der Waals surface area (Å²) < 4.78 is 0. The minimum Gasteiger partial charge on any atom is -0.347 e. The van der Waals surface area contributed by atoms with E-state index >= 15 is 0 Å². The van der Waals surface area contributed by atoms with Gasteiger partial charge >= 0.3 is 0 Å². The fourth-order valence-electron chi connectivity index (χ4n) is 1.43. The summed E-state index contributed by atoms with van der Waals surface area (Å²) in [7, 11) is 0. The molecule has 4 N–H and O–H groups in total. The minimum absolute atomic E-state index is 0.103. The predicted molar refractivity (Wildman–Crippen MR) is 70.8 cm³/mol. The highest BCUT2D eigenvalue weighted by Crippen LogP contribution is 2.18. The van der Waals surface area contributed by atoms with Crippen LogP contribution in [0.3, 0.4) is 0 Å². The number of hydrogen-bond acceptors (Lipinski definition) is 3. The standard InChI is InChI=1S/C13H21N3O/c1-5-13(3,4)15-12(17)10-8-9(2)6-7-11(10)16-14/h6-8,16H,5,14H2,1-4H3,(H,15,17). The van der Waals surface area contributed by atoms with E-state index in [1.807, 2.05) is 45.9 Å². The number of carbonyl (C=O) groups excluding carboxylic acids is 1. The molecule has 0 atom stereocenters. The number of amides is 1. The molecule has 0 aliphatic carbocycles. The van der Waals surface area contributed by atoms with Gasteiger partial charge in [0.05, 0.1) is 11.3 Å². The van der Waals surface area contributed by atoms with Crippen molar-refractivity contribution in [2.75, 3.05) is 5.43 Å². The maximum atomic E-state index is 12.1. The Hall–Kier alpha value is -1.55. The zero-order valence-electron chi connectivity index (χ0n) is 10.9. The quantitative estimate of drug-likeness (QED) is 0.553. The molecular formula is C13H21N3O. The second-order valence-electron chi connectivity index (χ2n) is 4.88. The summed E-state index contributed by atoms with van der Waals surface area (Å²) in [5.41, 5.74) is 4.58. The number of benzene rings is 1. The summed E-state index contributed by atoms with van der Waals surface area (Å²) in [6.07, 6.45) is 0.871. The van der Waals surface area contributed by atoms with Crippen molar-refractivity contribution in [1.29, 1.82) is 0 Å². The van der Waals surface area contributed by atoms with Crippen LogP contribution in [0.25, 0.3) is 0 Å². The fraction of sp³-hybridized carbons (Fsp3) is 0.462. The van der Waals surface area contributed by atoms with Crippen molar-refractivity contribution in [2.24, 2.45) is 5.84 Å². The van der Waals surface area contributed by atoms with Crippen LogP contribution in [0.15, 0.2) is 18.2 Å². The zero-order valence-corrected chi connectivity index (χ0v) is 10.9. The SMILES string of the molecule is CCC(C)(C)NC(=O)c1cc(C)ccc1NN. The maximum Gasteiger partial charge on any atom is 0.253 e.